The second kappa shape index (κ2) is 4.49. The molecule has 0 saturated heterocycles. The molecule has 6 heteroatoms. The summed E-state index contributed by atoms with van der Waals surface area (Å²) in [5.41, 5.74) is 5.46. The molecule has 1 aromatic carbocycles. The molecule has 0 saturated carbocycles. The van der Waals surface area contributed by atoms with Crippen LogP contribution in [0.5, 0.6) is 0 Å². The third-order valence-electron chi connectivity index (χ3n) is 2.88. The number of aromatic nitrogens is 2. The van der Waals surface area contributed by atoms with E-state index in [0.717, 1.165) is 28.0 Å². The molecule has 18 heavy (non-hydrogen) atoms. The van der Waals surface area contributed by atoms with E-state index in [4.69, 9.17) is 10.3 Å². The molecule has 3 N–H and O–H groups in total. The molecule has 0 aliphatic heterocycles. The molecule has 0 aliphatic carbocycles. The van der Waals surface area contributed by atoms with E-state index in [2.05, 4.69) is 15.0 Å². The minimum absolute atomic E-state index is 0.268. The van der Waals surface area contributed by atoms with E-state index in [1.54, 1.807) is 0 Å². The Morgan fingerprint density at radius 1 is 1.44 bits per heavy atom. The van der Waals surface area contributed by atoms with E-state index in [0.29, 0.717) is 0 Å². The summed E-state index contributed by atoms with van der Waals surface area (Å²) in [6.07, 6.45) is 0. The van der Waals surface area contributed by atoms with Gasteiger partial charge in [0.15, 0.2) is 0 Å². The van der Waals surface area contributed by atoms with E-state index >= 15 is 0 Å². The number of hydrazine groups is 1. The summed E-state index contributed by atoms with van der Waals surface area (Å²) in [4.78, 5) is 0. The number of hydrogen-bond donors (Lipinski definition) is 2. The van der Waals surface area contributed by atoms with Gasteiger partial charge in [-0.3, -0.25) is 5.84 Å². The molecule has 0 spiro atoms. The van der Waals surface area contributed by atoms with Gasteiger partial charge in [0.05, 0.1) is 0 Å². The summed E-state index contributed by atoms with van der Waals surface area (Å²) in [5, 5.41) is 6.94. The first-order chi connectivity index (χ1) is 8.79. The summed E-state index contributed by atoms with van der Waals surface area (Å²) >= 11 is 1.29. The maximum absolute atomic E-state index is 5.87. The number of para-hydroxylation sites is 1. The summed E-state index contributed by atoms with van der Waals surface area (Å²) in [6.45, 7) is 2.02. The van der Waals surface area contributed by atoms with Crippen LogP contribution >= 0.6 is 11.5 Å². The Balaban J connectivity index is 2.11. The van der Waals surface area contributed by atoms with Crippen LogP contribution in [0.1, 0.15) is 23.1 Å². The van der Waals surface area contributed by atoms with Crippen molar-refractivity contribution in [2.45, 2.75) is 13.0 Å². The molecular weight excluding hydrogens is 248 g/mol. The number of nitrogens with two attached hydrogens (primary N) is 1. The third kappa shape index (κ3) is 1.80. The average Bonchev–Trinajstić information content (AvgIpc) is 3.00. The number of fused-ring (bicyclic) bond motifs is 1. The van der Waals surface area contributed by atoms with Gasteiger partial charge < -0.3 is 4.42 Å². The van der Waals surface area contributed by atoms with E-state index in [9.17, 15) is 0 Å². The predicted octanol–water partition coefficient (Wildman–Crippen LogP) is 2.15. The number of furan rings is 1. The van der Waals surface area contributed by atoms with Crippen LogP contribution in [0.15, 0.2) is 34.1 Å². The van der Waals surface area contributed by atoms with Crippen molar-refractivity contribution in [2.24, 2.45) is 5.84 Å². The predicted molar refractivity (Wildman–Crippen MR) is 70.0 cm³/mol. The van der Waals surface area contributed by atoms with Crippen LogP contribution in [0.3, 0.4) is 0 Å². The second-order valence-electron chi connectivity index (χ2n) is 4.07. The minimum atomic E-state index is -0.268. The third-order valence-corrected chi connectivity index (χ3v) is 3.41. The van der Waals surface area contributed by atoms with Crippen molar-refractivity contribution in [3.05, 3.63) is 46.7 Å². The zero-order valence-corrected chi connectivity index (χ0v) is 10.6. The van der Waals surface area contributed by atoms with Gasteiger partial charge in [-0.05, 0) is 30.1 Å². The molecule has 92 valence electrons. The van der Waals surface area contributed by atoms with Gasteiger partial charge in [0.2, 0.25) is 0 Å². The molecule has 2 heterocycles. The lowest BCUT2D eigenvalue weighted by Gasteiger charge is -2.08. The first kappa shape index (κ1) is 11.3. The van der Waals surface area contributed by atoms with Crippen molar-refractivity contribution in [1.29, 1.82) is 0 Å². The summed E-state index contributed by atoms with van der Waals surface area (Å²) < 4.78 is 9.71. The molecule has 1 atom stereocenters. The van der Waals surface area contributed by atoms with Gasteiger partial charge in [-0.1, -0.05) is 22.7 Å². The highest BCUT2D eigenvalue weighted by atomic mass is 32.1. The Bertz CT molecular complexity index is 662. The van der Waals surface area contributed by atoms with Crippen molar-refractivity contribution in [2.75, 3.05) is 0 Å². The van der Waals surface area contributed by atoms with E-state index < -0.39 is 0 Å². The molecular formula is C12H12N4OS. The molecule has 3 aromatic rings. The number of hydrogen-bond acceptors (Lipinski definition) is 6. The smallest absolute Gasteiger partial charge is 0.137 e. The lowest BCUT2D eigenvalue weighted by molar-refractivity contribution is 0.470. The van der Waals surface area contributed by atoms with Gasteiger partial charge in [0.25, 0.3) is 0 Å². The maximum atomic E-state index is 5.87. The van der Waals surface area contributed by atoms with Gasteiger partial charge in [-0.2, -0.15) is 0 Å². The second-order valence-corrected chi connectivity index (χ2v) is 4.68. The fourth-order valence-electron chi connectivity index (χ4n) is 1.98. The molecule has 5 nitrogen and oxygen atoms in total. The Morgan fingerprint density at radius 3 is 3.00 bits per heavy atom. The van der Waals surface area contributed by atoms with E-state index in [1.165, 1.54) is 11.5 Å². The number of aryl methyl sites for hydroxylation is 1. The summed E-state index contributed by atoms with van der Waals surface area (Å²) in [5.74, 6) is 6.33. The van der Waals surface area contributed by atoms with Gasteiger partial charge in [0.1, 0.15) is 23.1 Å². The lowest BCUT2D eigenvalue weighted by atomic mass is 10.1. The Kier molecular flexibility index (Phi) is 2.83. The Hall–Kier alpha value is -1.76. The zero-order valence-electron chi connectivity index (χ0n) is 9.75. The van der Waals surface area contributed by atoms with Gasteiger partial charge in [0, 0.05) is 10.8 Å². The number of nitrogens with zero attached hydrogens (tertiary/aromatic N) is 2. The van der Waals surface area contributed by atoms with Crippen LogP contribution in [-0.4, -0.2) is 9.59 Å². The van der Waals surface area contributed by atoms with Crippen molar-refractivity contribution in [1.82, 2.24) is 15.0 Å². The maximum Gasteiger partial charge on any atom is 0.137 e. The van der Waals surface area contributed by atoms with Crippen LogP contribution < -0.4 is 11.3 Å². The molecule has 0 amide bonds. The molecule has 0 fully saturated rings. The van der Waals surface area contributed by atoms with Crippen LogP contribution in [0.2, 0.25) is 0 Å². The van der Waals surface area contributed by atoms with E-state index in [-0.39, 0.29) is 6.04 Å². The topological polar surface area (TPSA) is 77.0 Å². The van der Waals surface area contributed by atoms with E-state index in [1.807, 2.05) is 36.6 Å². The minimum Gasteiger partial charge on any atom is -0.459 e. The molecule has 0 aliphatic rings. The standard InChI is InChI=1S/C12H12N4OS/c1-7-3-2-4-8-5-10(17-12(7)8)11(14-13)9-6-18-16-15-9/h2-6,11,14H,13H2,1H3. The first-order valence-corrected chi connectivity index (χ1v) is 6.35. The highest BCUT2D eigenvalue weighted by molar-refractivity contribution is 7.03. The van der Waals surface area contributed by atoms with Crippen molar-refractivity contribution in [3.8, 4) is 0 Å². The average molecular weight is 260 g/mol. The van der Waals surface area contributed by atoms with Crippen LogP contribution in [-0.2, 0) is 0 Å². The number of rotatable bonds is 3. The number of benzene rings is 1. The fraction of sp³-hybridized carbons (Fsp3) is 0.167. The molecule has 0 radical (unpaired) electrons. The largest absolute Gasteiger partial charge is 0.459 e. The molecule has 3 rings (SSSR count). The highest BCUT2D eigenvalue weighted by Crippen LogP contribution is 2.28. The van der Waals surface area contributed by atoms with Crippen LogP contribution in [0.4, 0.5) is 0 Å². The van der Waals surface area contributed by atoms with Gasteiger partial charge in [-0.25, -0.2) is 5.43 Å². The molecule has 2 aromatic heterocycles. The highest BCUT2D eigenvalue weighted by Gasteiger charge is 2.20. The normalized spacial score (nSPS) is 13.0. The number of nitrogens with one attached hydrogen (secondary N) is 1. The van der Waals surface area contributed by atoms with Crippen LogP contribution in [0.25, 0.3) is 11.0 Å². The van der Waals surface area contributed by atoms with Crippen molar-refractivity contribution in [3.63, 3.8) is 0 Å². The fourth-order valence-corrected chi connectivity index (χ4v) is 2.46. The zero-order chi connectivity index (χ0) is 12.5. The summed E-state index contributed by atoms with van der Waals surface area (Å²) in [7, 11) is 0. The Labute approximate surface area is 108 Å². The van der Waals surface area contributed by atoms with Gasteiger partial charge in [-0.15, -0.1) is 5.10 Å². The van der Waals surface area contributed by atoms with Crippen molar-refractivity contribution < 1.29 is 4.42 Å². The van der Waals surface area contributed by atoms with Crippen molar-refractivity contribution >= 4 is 22.5 Å². The van der Waals surface area contributed by atoms with Gasteiger partial charge >= 0.3 is 0 Å². The van der Waals surface area contributed by atoms with Crippen LogP contribution in [0, 0.1) is 6.92 Å². The Morgan fingerprint density at radius 2 is 2.33 bits per heavy atom. The summed E-state index contributed by atoms with van der Waals surface area (Å²) in [6, 6.07) is 7.75. The molecule has 1 unspecified atom stereocenters. The SMILES string of the molecule is Cc1cccc2cc(C(NN)c3csnn3)oc12. The lowest BCUT2D eigenvalue weighted by Crippen LogP contribution is -2.28. The molecule has 0 bridgehead atoms. The first-order valence-electron chi connectivity index (χ1n) is 5.51. The quantitative estimate of drug-likeness (QED) is 0.557. The monoisotopic (exact) mass is 260 g/mol.